The number of carbonyl (C=O) groups is 2. The summed E-state index contributed by atoms with van der Waals surface area (Å²) in [4.78, 5) is 27.3. The van der Waals surface area contributed by atoms with Gasteiger partial charge in [0.2, 0.25) is 0 Å². The van der Waals surface area contributed by atoms with Crippen molar-refractivity contribution in [2.45, 2.75) is 20.8 Å². The average Bonchev–Trinajstić information content (AvgIpc) is 3.03. The second-order valence-corrected chi connectivity index (χ2v) is 9.65. The zero-order valence-corrected chi connectivity index (χ0v) is 21.8. The molecule has 0 aliphatic carbocycles. The van der Waals surface area contributed by atoms with Crippen molar-refractivity contribution in [2.24, 2.45) is 0 Å². The molecule has 2 amide bonds. The number of anilines is 1. The Morgan fingerprint density at radius 2 is 1.79 bits per heavy atom. The summed E-state index contributed by atoms with van der Waals surface area (Å²) in [6.45, 7) is 5.94. The van der Waals surface area contributed by atoms with Gasteiger partial charge in [-0.25, -0.2) is 0 Å². The Morgan fingerprint density at radius 3 is 2.48 bits per heavy atom. The van der Waals surface area contributed by atoms with E-state index in [-0.39, 0.29) is 20.7 Å². The van der Waals surface area contributed by atoms with Crippen molar-refractivity contribution in [2.75, 3.05) is 4.90 Å². The van der Waals surface area contributed by atoms with E-state index >= 15 is 0 Å². The van der Waals surface area contributed by atoms with Crippen LogP contribution < -0.4 is 10.2 Å². The number of nitrogens with zero attached hydrogens (tertiary/aromatic N) is 2. The summed E-state index contributed by atoms with van der Waals surface area (Å²) in [5, 5.41) is 2.98. The van der Waals surface area contributed by atoms with E-state index in [4.69, 9.17) is 35.4 Å². The highest BCUT2D eigenvalue weighted by atomic mass is 79.9. The number of benzene rings is 2. The molecule has 33 heavy (non-hydrogen) atoms. The topological polar surface area (TPSA) is 54.3 Å². The van der Waals surface area contributed by atoms with Crippen molar-refractivity contribution in [3.05, 3.63) is 85.1 Å². The first kappa shape index (κ1) is 23.7. The van der Waals surface area contributed by atoms with Crippen molar-refractivity contribution in [3.63, 3.8) is 0 Å². The van der Waals surface area contributed by atoms with E-state index in [0.29, 0.717) is 5.69 Å². The third-order valence-electron chi connectivity index (χ3n) is 5.44. The fraction of sp³-hybridized carbons (Fsp3) is 0.125. The number of nitrogens with one attached hydrogen (secondary N) is 1. The molecule has 1 aliphatic rings. The molecule has 0 unspecified atom stereocenters. The summed E-state index contributed by atoms with van der Waals surface area (Å²) in [5.41, 5.74) is 4.95. The van der Waals surface area contributed by atoms with Crippen LogP contribution in [0.15, 0.2) is 52.5 Å². The largest absolute Gasteiger partial charge is 0.318 e. The SMILES string of the molecule is Cc1cc(-n2c(C)cc(/C=C3/C(=O)NC(=S)N(c4cccc(Cl)c4Cl)C3=O)c2C)ccc1Br. The average molecular weight is 563 g/mol. The normalized spacial score (nSPS) is 15.4. The Hall–Kier alpha value is -2.45. The predicted molar refractivity (Wildman–Crippen MR) is 140 cm³/mol. The van der Waals surface area contributed by atoms with Crippen LogP contribution in [-0.4, -0.2) is 21.5 Å². The smallest absolute Gasteiger partial charge is 0.270 e. The van der Waals surface area contributed by atoms with Crippen molar-refractivity contribution in [3.8, 4) is 5.69 Å². The minimum atomic E-state index is -0.572. The molecule has 0 atom stereocenters. The maximum atomic E-state index is 13.4. The monoisotopic (exact) mass is 561 g/mol. The highest BCUT2D eigenvalue weighted by molar-refractivity contribution is 9.10. The molecule has 0 bridgehead atoms. The van der Waals surface area contributed by atoms with Gasteiger partial charge in [0, 0.05) is 21.5 Å². The van der Waals surface area contributed by atoms with E-state index < -0.39 is 11.8 Å². The number of halogens is 3. The number of aryl methyl sites for hydroxylation is 2. The fourth-order valence-corrected chi connectivity index (χ4v) is 4.70. The lowest BCUT2D eigenvalue weighted by Crippen LogP contribution is -2.54. The maximum absolute atomic E-state index is 13.4. The Balaban J connectivity index is 1.79. The molecule has 2 aromatic carbocycles. The van der Waals surface area contributed by atoms with Crippen LogP contribution in [0.5, 0.6) is 0 Å². The highest BCUT2D eigenvalue weighted by Crippen LogP contribution is 2.35. The lowest BCUT2D eigenvalue weighted by molar-refractivity contribution is -0.122. The van der Waals surface area contributed by atoms with Gasteiger partial charge in [0.15, 0.2) is 5.11 Å². The van der Waals surface area contributed by atoms with Gasteiger partial charge in [-0.1, -0.05) is 45.2 Å². The van der Waals surface area contributed by atoms with Crippen molar-refractivity contribution >= 4 is 80.0 Å². The standard InChI is InChI=1S/C24H18BrCl2N3O2S/c1-12-9-16(7-8-18(12)25)29-13(2)10-15(14(29)3)11-17-22(31)28-24(33)30(23(17)32)20-6-4-5-19(26)21(20)27/h4-11H,1-3H3,(H,28,31,33)/b17-11-. The van der Waals surface area contributed by atoms with Gasteiger partial charge in [-0.2, -0.15) is 0 Å². The van der Waals surface area contributed by atoms with Gasteiger partial charge in [-0.3, -0.25) is 19.8 Å². The van der Waals surface area contributed by atoms with Crippen LogP contribution in [0.2, 0.25) is 10.0 Å². The third kappa shape index (κ3) is 4.26. The van der Waals surface area contributed by atoms with Crippen molar-refractivity contribution < 1.29 is 9.59 Å². The minimum Gasteiger partial charge on any atom is -0.318 e. The molecule has 168 valence electrons. The van der Waals surface area contributed by atoms with Gasteiger partial charge in [-0.05, 0) is 86.6 Å². The van der Waals surface area contributed by atoms with Gasteiger partial charge >= 0.3 is 0 Å². The number of hydrogen-bond donors (Lipinski definition) is 1. The Labute approximate surface area is 215 Å². The Bertz CT molecular complexity index is 1380. The summed E-state index contributed by atoms with van der Waals surface area (Å²) >= 11 is 21.2. The van der Waals surface area contributed by atoms with Crippen molar-refractivity contribution in [1.82, 2.24) is 9.88 Å². The Morgan fingerprint density at radius 1 is 1.06 bits per heavy atom. The molecular weight excluding hydrogens is 545 g/mol. The highest BCUT2D eigenvalue weighted by Gasteiger charge is 2.36. The first-order valence-corrected chi connectivity index (χ1v) is 11.9. The molecule has 3 aromatic rings. The van der Waals surface area contributed by atoms with Crippen LogP contribution >= 0.6 is 51.3 Å². The number of aromatic nitrogens is 1. The first-order chi connectivity index (χ1) is 15.6. The fourth-order valence-electron chi connectivity index (χ4n) is 3.80. The molecule has 1 aromatic heterocycles. The summed E-state index contributed by atoms with van der Waals surface area (Å²) in [6, 6.07) is 12.9. The van der Waals surface area contributed by atoms with Crippen molar-refractivity contribution in [1.29, 1.82) is 0 Å². The van der Waals surface area contributed by atoms with Gasteiger partial charge in [0.25, 0.3) is 11.8 Å². The number of hydrogen-bond acceptors (Lipinski definition) is 3. The van der Waals surface area contributed by atoms with Crippen LogP contribution in [0.4, 0.5) is 5.69 Å². The number of carbonyl (C=O) groups excluding carboxylic acids is 2. The zero-order valence-electron chi connectivity index (χ0n) is 17.9. The second kappa shape index (κ2) is 9.06. The summed E-state index contributed by atoms with van der Waals surface area (Å²) in [7, 11) is 0. The summed E-state index contributed by atoms with van der Waals surface area (Å²) in [5.74, 6) is -1.14. The van der Waals surface area contributed by atoms with E-state index in [1.165, 1.54) is 4.90 Å². The first-order valence-electron chi connectivity index (χ1n) is 9.91. The molecule has 2 heterocycles. The molecule has 5 nitrogen and oxygen atoms in total. The van der Waals surface area contributed by atoms with E-state index in [2.05, 4.69) is 31.9 Å². The zero-order chi connectivity index (χ0) is 24.0. The summed E-state index contributed by atoms with van der Waals surface area (Å²) < 4.78 is 3.10. The minimum absolute atomic E-state index is 0.0492. The molecule has 0 saturated carbocycles. The predicted octanol–water partition coefficient (Wildman–Crippen LogP) is 6.30. The van der Waals surface area contributed by atoms with E-state index in [1.54, 1.807) is 24.3 Å². The molecule has 9 heteroatoms. The molecule has 1 N–H and O–H groups in total. The maximum Gasteiger partial charge on any atom is 0.270 e. The molecule has 1 aliphatic heterocycles. The van der Waals surface area contributed by atoms with Crippen LogP contribution in [-0.2, 0) is 9.59 Å². The van der Waals surface area contributed by atoms with Crippen LogP contribution in [0, 0.1) is 20.8 Å². The number of thiocarbonyl (C=S) groups is 1. The molecule has 0 radical (unpaired) electrons. The van der Waals surface area contributed by atoms with Crippen LogP contribution in [0.25, 0.3) is 11.8 Å². The molecular formula is C24H18BrCl2N3O2S. The lowest BCUT2D eigenvalue weighted by Gasteiger charge is -2.29. The van der Waals surface area contributed by atoms with Gasteiger partial charge < -0.3 is 4.57 Å². The number of amides is 2. The number of rotatable bonds is 3. The van der Waals surface area contributed by atoms with Gasteiger partial charge in [-0.15, -0.1) is 0 Å². The van der Waals surface area contributed by atoms with Gasteiger partial charge in [0.1, 0.15) is 5.57 Å². The molecule has 1 saturated heterocycles. The second-order valence-electron chi connectivity index (χ2n) is 7.63. The van der Waals surface area contributed by atoms with Crippen LogP contribution in [0.1, 0.15) is 22.5 Å². The van der Waals surface area contributed by atoms with E-state index in [9.17, 15) is 9.59 Å². The molecule has 4 rings (SSSR count). The molecule has 1 fully saturated rings. The van der Waals surface area contributed by atoms with Crippen LogP contribution in [0.3, 0.4) is 0 Å². The lowest BCUT2D eigenvalue weighted by atomic mass is 10.1. The Kier molecular flexibility index (Phi) is 6.51. The van der Waals surface area contributed by atoms with Gasteiger partial charge in [0.05, 0.1) is 15.7 Å². The quantitative estimate of drug-likeness (QED) is 0.231. The van der Waals surface area contributed by atoms with E-state index in [1.807, 2.05) is 39.0 Å². The molecule has 0 spiro atoms. The van der Waals surface area contributed by atoms with E-state index in [0.717, 1.165) is 32.7 Å². The summed E-state index contributed by atoms with van der Waals surface area (Å²) in [6.07, 6.45) is 1.58. The third-order valence-corrected chi connectivity index (χ3v) is 7.43.